The number of hydrogen-bond donors (Lipinski definition) is 2. The first kappa shape index (κ1) is 12.2. The summed E-state index contributed by atoms with van der Waals surface area (Å²) in [6, 6.07) is 5.44. The second kappa shape index (κ2) is 6.57. The molecule has 0 saturated heterocycles. The Labute approximate surface area is 102 Å². The first-order chi connectivity index (χ1) is 7.22. The minimum atomic E-state index is -0.131. The van der Waals surface area contributed by atoms with Gasteiger partial charge in [-0.1, -0.05) is 6.07 Å². The van der Waals surface area contributed by atoms with Gasteiger partial charge in [0.1, 0.15) is 35.4 Å². The van der Waals surface area contributed by atoms with E-state index >= 15 is 0 Å². The Morgan fingerprint density at radius 3 is 3.07 bits per heavy atom. The molecule has 0 unspecified atom stereocenters. The maximum absolute atomic E-state index is 11.0. The number of nitrogens with zero attached hydrogens (tertiary/aromatic N) is 1. The van der Waals surface area contributed by atoms with Gasteiger partial charge in [0, 0.05) is 18.7 Å². The number of halogens is 1. The van der Waals surface area contributed by atoms with Crippen LogP contribution >= 0.6 is 23.0 Å². The van der Waals surface area contributed by atoms with Gasteiger partial charge in [-0.2, -0.15) is 0 Å². The van der Waals surface area contributed by atoms with E-state index in [0.29, 0.717) is 18.8 Å². The Balaban J connectivity index is 2.28. The highest BCUT2D eigenvalue weighted by atomic mass is 127. The van der Waals surface area contributed by atoms with Crippen LogP contribution in [-0.2, 0) is 14.3 Å². The number of anilines is 1. The lowest BCUT2D eigenvalue weighted by atomic mass is 10.2. The van der Waals surface area contributed by atoms with Gasteiger partial charge in [-0.25, -0.2) is 4.98 Å². The second-order valence-corrected chi connectivity index (χ2v) is 3.53. The average molecular weight is 321 g/mol. The quantitative estimate of drug-likeness (QED) is 0.782. The molecule has 0 aliphatic rings. The van der Waals surface area contributed by atoms with Crippen LogP contribution in [0.25, 0.3) is 0 Å². The summed E-state index contributed by atoms with van der Waals surface area (Å²) >= 11 is 1.68. The number of nitrogen functional groups attached to an aromatic ring is 1. The van der Waals surface area contributed by atoms with Gasteiger partial charge in [-0.15, -0.1) is 0 Å². The molecule has 5 nitrogen and oxygen atoms in total. The molecule has 1 heterocycles. The average Bonchev–Trinajstić information content (AvgIpc) is 2.18. The monoisotopic (exact) mass is 321 g/mol. The molecule has 3 N–H and O–H groups in total. The molecule has 0 radical (unpaired) electrons. The van der Waals surface area contributed by atoms with E-state index in [-0.39, 0.29) is 12.5 Å². The number of carbonyl (C=O) groups excluding carboxylic acids is 1. The van der Waals surface area contributed by atoms with Gasteiger partial charge in [-0.05, 0) is 12.1 Å². The molecule has 0 spiro atoms. The van der Waals surface area contributed by atoms with Gasteiger partial charge in [0.15, 0.2) is 0 Å². The summed E-state index contributed by atoms with van der Waals surface area (Å²) in [7, 11) is 0. The predicted octanol–water partition coefficient (Wildman–Crippen LogP) is 0.689. The highest BCUT2D eigenvalue weighted by Crippen LogP contribution is 2.00. The van der Waals surface area contributed by atoms with E-state index in [1.54, 1.807) is 29.1 Å². The van der Waals surface area contributed by atoms with E-state index in [1.165, 1.54) is 0 Å². The van der Waals surface area contributed by atoms with Crippen molar-refractivity contribution in [1.29, 1.82) is 0 Å². The molecular weight excluding hydrogens is 309 g/mol. The summed E-state index contributed by atoms with van der Waals surface area (Å²) in [5.41, 5.74) is 6.38. The second-order valence-electron chi connectivity index (χ2n) is 2.91. The number of hydrogen-bond acceptors (Lipinski definition) is 4. The fraction of sp³-hybridized carbons (Fsp3) is 0.333. The summed E-state index contributed by atoms with van der Waals surface area (Å²) < 4.78 is 4.65. The molecule has 0 saturated carbocycles. The largest absolute Gasteiger partial charge is 0.384 e. The summed E-state index contributed by atoms with van der Waals surface area (Å²) in [6.07, 6.45) is 0.665. The van der Waals surface area contributed by atoms with Gasteiger partial charge in [0.05, 0.1) is 0 Å². The minimum Gasteiger partial charge on any atom is -0.384 e. The van der Waals surface area contributed by atoms with Crippen LogP contribution in [0.5, 0.6) is 0 Å². The molecule has 1 aromatic heterocycles. The summed E-state index contributed by atoms with van der Waals surface area (Å²) in [5, 5.41) is 2.70. The molecule has 0 bridgehead atoms. The Kier molecular flexibility index (Phi) is 5.33. The number of pyridine rings is 1. The maximum atomic E-state index is 11.0. The topological polar surface area (TPSA) is 77.2 Å². The van der Waals surface area contributed by atoms with Crippen LogP contribution < -0.4 is 11.1 Å². The zero-order valence-electron chi connectivity index (χ0n) is 8.07. The van der Waals surface area contributed by atoms with Gasteiger partial charge < -0.3 is 14.1 Å². The Morgan fingerprint density at radius 1 is 1.60 bits per heavy atom. The Bertz CT molecular complexity index is 333. The minimum absolute atomic E-state index is 0.0743. The van der Waals surface area contributed by atoms with Crippen LogP contribution in [0.1, 0.15) is 5.69 Å². The summed E-state index contributed by atoms with van der Waals surface area (Å²) in [5.74, 6) is 0.364. The standard InChI is InChI=1S/C9H12IN3O2/c10-15-6-9(14)12-5-4-7-2-1-3-8(11)13-7/h1-3H,4-6H2,(H2,11,13)(H,12,14). The first-order valence-corrected chi connectivity index (χ1v) is 5.32. The summed E-state index contributed by atoms with van der Waals surface area (Å²) in [4.78, 5) is 15.1. The van der Waals surface area contributed by atoms with Gasteiger partial charge in [0.25, 0.3) is 0 Å². The fourth-order valence-corrected chi connectivity index (χ4v) is 1.35. The Morgan fingerprint density at radius 2 is 2.40 bits per heavy atom. The third-order valence-corrected chi connectivity index (χ3v) is 2.03. The highest BCUT2D eigenvalue weighted by Gasteiger charge is 2.00. The molecule has 0 aliphatic heterocycles. The third-order valence-electron chi connectivity index (χ3n) is 1.72. The van der Waals surface area contributed by atoms with Gasteiger partial charge in [-0.3, -0.25) is 4.79 Å². The van der Waals surface area contributed by atoms with Crippen LogP contribution in [0, 0.1) is 0 Å². The highest BCUT2D eigenvalue weighted by molar-refractivity contribution is 14.1. The van der Waals surface area contributed by atoms with E-state index in [1.807, 2.05) is 12.1 Å². The van der Waals surface area contributed by atoms with Crippen molar-refractivity contribution in [2.24, 2.45) is 0 Å². The van der Waals surface area contributed by atoms with Crippen LogP contribution in [0.4, 0.5) is 5.82 Å². The molecule has 6 heteroatoms. The molecule has 15 heavy (non-hydrogen) atoms. The smallest absolute Gasteiger partial charge is 0.247 e. The van der Waals surface area contributed by atoms with E-state index in [0.717, 1.165) is 5.69 Å². The molecule has 0 aromatic carbocycles. The third kappa shape index (κ3) is 4.93. The van der Waals surface area contributed by atoms with Crippen molar-refractivity contribution in [2.75, 3.05) is 18.9 Å². The van der Waals surface area contributed by atoms with Crippen molar-refractivity contribution >= 4 is 34.7 Å². The fourth-order valence-electron chi connectivity index (χ4n) is 1.07. The van der Waals surface area contributed by atoms with Crippen molar-refractivity contribution in [3.05, 3.63) is 23.9 Å². The van der Waals surface area contributed by atoms with Crippen molar-refractivity contribution in [3.8, 4) is 0 Å². The van der Waals surface area contributed by atoms with Crippen LogP contribution in [0.2, 0.25) is 0 Å². The molecule has 0 aliphatic carbocycles. The van der Waals surface area contributed by atoms with Crippen LogP contribution in [-0.4, -0.2) is 24.0 Å². The molecule has 1 amide bonds. The van der Waals surface area contributed by atoms with E-state index < -0.39 is 0 Å². The lowest BCUT2D eigenvalue weighted by Gasteiger charge is -2.03. The van der Waals surface area contributed by atoms with E-state index in [4.69, 9.17) is 5.73 Å². The normalized spacial score (nSPS) is 9.93. The maximum Gasteiger partial charge on any atom is 0.247 e. The predicted molar refractivity (Wildman–Crippen MR) is 65.3 cm³/mol. The van der Waals surface area contributed by atoms with Crippen molar-refractivity contribution < 1.29 is 7.86 Å². The molecule has 0 atom stereocenters. The Hall–Kier alpha value is -0.890. The molecule has 0 fully saturated rings. The molecule has 1 aromatic rings. The number of aromatic nitrogens is 1. The van der Waals surface area contributed by atoms with Crippen LogP contribution in [0.15, 0.2) is 18.2 Å². The number of nitrogens with one attached hydrogen (secondary N) is 1. The number of rotatable bonds is 5. The van der Waals surface area contributed by atoms with Crippen molar-refractivity contribution in [1.82, 2.24) is 10.3 Å². The van der Waals surface area contributed by atoms with Crippen molar-refractivity contribution in [3.63, 3.8) is 0 Å². The number of carbonyl (C=O) groups is 1. The first-order valence-electron chi connectivity index (χ1n) is 4.44. The SMILES string of the molecule is Nc1cccc(CCNC(=O)COI)n1. The molecule has 1 rings (SSSR count). The molecular formula is C9H12IN3O2. The summed E-state index contributed by atoms with van der Waals surface area (Å²) in [6.45, 7) is 0.611. The van der Waals surface area contributed by atoms with Gasteiger partial charge >= 0.3 is 0 Å². The van der Waals surface area contributed by atoms with E-state index in [9.17, 15) is 4.79 Å². The number of amides is 1. The lowest BCUT2D eigenvalue weighted by molar-refractivity contribution is -0.122. The van der Waals surface area contributed by atoms with Crippen LogP contribution in [0.3, 0.4) is 0 Å². The zero-order chi connectivity index (χ0) is 11.1. The van der Waals surface area contributed by atoms with E-state index in [2.05, 4.69) is 13.4 Å². The molecule has 82 valence electrons. The number of nitrogens with two attached hydrogens (primary N) is 1. The lowest BCUT2D eigenvalue weighted by Crippen LogP contribution is -2.28. The van der Waals surface area contributed by atoms with Crippen molar-refractivity contribution in [2.45, 2.75) is 6.42 Å². The van der Waals surface area contributed by atoms with Gasteiger partial charge in [0.2, 0.25) is 5.91 Å². The zero-order valence-corrected chi connectivity index (χ0v) is 10.2.